The number of aryl methyl sites for hydroxylation is 2. The maximum Gasteiger partial charge on any atom is 0.141 e. The van der Waals surface area contributed by atoms with Gasteiger partial charge >= 0.3 is 0 Å². The highest BCUT2D eigenvalue weighted by molar-refractivity contribution is 6.32. The van der Waals surface area contributed by atoms with Gasteiger partial charge in [0.15, 0.2) is 0 Å². The van der Waals surface area contributed by atoms with E-state index in [1.165, 1.54) is 0 Å². The first-order valence-electron chi connectivity index (χ1n) is 5.94. The van der Waals surface area contributed by atoms with Gasteiger partial charge in [-0.3, -0.25) is 9.48 Å². The lowest BCUT2D eigenvalue weighted by molar-refractivity contribution is -0.121. The Labute approximate surface area is 107 Å². The molecule has 0 aliphatic rings. The van der Waals surface area contributed by atoms with Crippen LogP contribution in [-0.4, -0.2) is 22.1 Å². The summed E-state index contributed by atoms with van der Waals surface area (Å²) >= 11 is 6.20. The third-order valence-corrected chi connectivity index (χ3v) is 3.43. The van der Waals surface area contributed by atoms with Gasteiger partial charge in [0.25, 0.3) is 0 Å². The Morgan fingerprint density at radius 1 is 1.59 bits per heavy atom. The molecule has 0 spiro atoms. The van der Waals surface area contributed by atoms with Crippen LogP contribution in [0.3, 0.4) is 0 Å². The maximum absolute atomic E-state index is 11.9. The molecule has 1 heterocycles. The first-order valence-corrected chi connectivity index (χ1v) is 6.32. The Morgan fingerprint density at radius 2 is 2.24 bits per heavy atom. The summed E-state index contributed by atoms with van der Waals surface area (Å²) in [6.07, 6.45) is 1.83. The van der Waals surface area contributed by atoms with Crippen molar-refractivity contribution >= 4 is 17.4 Å². The lowest BCUT2D eigenvalue weighted by Crippen LogP contribution is -2.18. The summed E-state index contributed by atoms with van der Waals surface area (Å²) in [4.78, 5) is 11.9. The second-order valence-electron chi connectivity index (χ2n) is 4.31. The van der Waals surface area contributed by atoms with E-state index in [2.05, 4.69) is 5.10 Å². The van der Waals surface area contributed by atoms with Crippen LogP contribution in [0.15, 0.2) is 0 Å². The molecular formula is C12H20ClN3O. The number of carbonyl (C=O) groups is 1. The Hall–Kier alpha value is -0.870. The summed E-state index contributed by atoms with van der Waals surface area (Å²) in [5.74, 6) is 0.152. The molecule has 96 valence electrons. The summed E-state index contributed by atoms with van der Waals surface area (Å²) in [6, 6.07) is 0. The van der Waals surface area contributed by atoms with E-state index in [4.69, 9.17) is 17.3 Å². The van der Waals surface area contributed by atoms with Gasteiger partial charge in [-0.25, -0.2) is 0 Å². The van der Waals surface area contributed by atoms with E-state index in [-0.39, 0.29) is 11.7 Å². The van der Waals surface area contributed by atoms with Crippen molar-refractivity contribution in [3.8, 4) is 0 Å². The minimum Gasteiger partial charge on any atom is -0.330 e. The van der Waals surface area contributed by atoms with Crippen molar-refractivity contribution in [1.29, 1.82) is 0 Å². The lowest BCUT2D eigenvalue weighted by Gasteiger charge is -2.09. The van der Waals surface area contributed by atoms with Crippen LogP contribution >= 0.6 is 11.6 Å². The molecule has 1 atom stereocenters. The van der Waals surface area contributed by atoms with Crippen LogP contribution in [0.25, 0.3) is 0 Å². The number of nitrogens with two attached hydrogens (primary N) is 1. The molecule has 0 amide bonds. The molecule has 2 N–H and O–H groups in total. The third-order valence-electron chi connectivity index (χ3n) is 2.99. The fraction of sp³-hybridized carbons (Fsp3) is 0.667. The quantitative estimate of drug-likeness (QED) is 0.844. The highest BCUT2D eigenvalue weighted by Gasteiger charge is 2.19. The fourth-order valence-corrected chi connectivity index (χ4v) is 2.12. The normalized spacial score (nSPS) is 12.8. The van der Waals surface area contributed by atoms with Crippen molar-refractivity contribution in [2.45, 2.75) is 33.1 Å². The molecule has 0 aliphatic carbocycles. The largest absolute Gasteiger partial charge is 0.330 e. The first kappa shape index (κ1) is 14.2. The van der Waals surface area contributed by atoms with Crippen molar-refractivity contribution in [3.05, 3.63) is 16.4 Å². The van der Waals surface area contributed by atoms with Gasteiger partial charge < -0.3 is 5.73 Å². The van der Waals surface area contributed by atoms with Gasteiger partial charge in [-0.15, -0.1) is 0 Å². The SMILES string of the molecule is CCc1nn(C)c(CC(=O)C(C)CCN)c1Cl. The lowest BCUT2D eigenvalue weighted by atomic mass is 9.99. The van der Waals surface area contributed by atoms with E-state index in [0.717, 1.165) is 24.2 Å². The van der Waals surface area contributed by atoms with Crippen molar-refractivity contribution in [1.82, 2.24) is 9.78 Å². The highest BCUT2D eigenvalue weighted by Crippen LogP contribution is 2.22. The molecule has 4 nitrogen and oxygen atoms in total. The van der Waals surface area contributed by atoms with Crippen LogP contribution in [0, 0.1) is 5.92 Å². The van der Waals surface area contributed by atoms with Gasteiger partial charge in [0.2, 0.25) is 0 Å². The van der Waals surface area contributed by atoms with Crippen LogP contribution in [0.1, 0.15) is 31.7 Å². The summed E-state index contributed by atoms with van der Waals surface area (Å²) in [5, 5.41) is 4.92. The Kier molecular flexibility index (Phi) is 5.15. The molecule has 0 aliphatic heterocycles. The first-order chi connectivity index (χ1) is 8.01. The number of ketones is 1. The molecule has 0 bridgehead atoms. The zero-order valence-corrected chi connectivity index (χ0v) is 11.4. The summed E-state index contributed by atoms with van der Waals surface area (Å²) in [5.41, 5.74) is 7.10. The van der Waals surface area contributed by atoms with Crippen LogP contribution in [0.4, 0.5) is 0 Å². The van der Waals surface area contributed by atoms with Gasteiger partial charge in [-0.1, -0.05) is 25.4 Å². The molecule has 0 fully saturated rings. The number of halogens is 1. The van der Waals surface area contributed by atoms with E-state index >= 15 is 0 Å². The second kappa shape index (κ2) is 6.17. The highest BCUT2D eigenvalue weighted by atomic mass is 35.5. The molecule has 0 saturated carbocycles. The molecule has 1 unspecified atom stereocenters. The summed E-state index contributed by atoms with van der Waals surface area (Å²) < 4.78 is 1.70. The van der Waals surface area contributed by atoms with Crippen LogP contribution < -0.4 is 5.73 Å². The molecule has 0 radical (unpaired) electrons. The Morgan fingerprint density at radius 3 is 2.71 bits per heavy atom. The van der Waals surface area contributed by atoms with Crippen LogP contribution in [-0.2, 0) is 24.7 Å². The monoisotopic (exact) mass is 257 g/mol. The van der Waals surface area contributed by atoms with E-state index in [1.807, 2.05) is 20.9 Å². The minimum absolute atomic E-state index is 0.0176. The van der Waals surface area contributed by atoms with Gasteiger partial charge in [0.1, 0.15) is 5.78 Å². The van der Waals surface area contributed by atoms with Crippen LogP contribution in [0.5, 0.6) is 0 Å². The number of hydrogen-bond donors (Lipinski definition) is 1. The van der Waals surface area contributed by atoms with Crippen LogP contribution in [0.2, 0.25) is 5.02 Å². The predicted molar refractivity (Wildman–Crippen MR) is 69.1 cm³/mol. The molecule has 1 aromatic heterocycles. The number of carbonyl (C=O) groups excluding carboxylic acids is 1. The summed E-state index contributed by atoms with van der Waals surface area (Å²) in [6.45, 7) is 4.43. The van der Waals surface area contributed by atoms with Gasteiger partial charge in [0, 0.05) is 13.0 Å². The average molecular weight is 258 g/mol. The average Bonchev–Trinajstić information content (AvgIpc) is 2.56. The van der Waals surface area contributed by atoms with Gasteiger partial charge in [-0.2, -0.15) is 5.10 Å². The third kappa shape index (κ3) is 3.30. The molecule has 5 heteroatoms. The number of nitrogens with zero attached hydrogens (tertiary/aromatic N) is 2. The Bertz CT molecular complexity index is 401. The minimum atomic E-state index is -0.0176. The van der Waals surface area contributed by atoms with Gasteiger partial charge in [0.05, 0.1) is 22.8 Å². The van der Waals surface area contributed by atoms with E-state index in [9.17, 15) is 4.79 Å². The predicted octanol–water partition coefficient (Wildman–Crippen LogP) is 1.73. The number of Topliss-reactive ketones (excluding diaryl/α,β-unsaturated/α-hetero) is 1. The van der Waals surface area contributed by atoms with Crippen molar-refractivity contribution < 1.29 is 4.79 Å². The molecule has 0 saturated heterocycles. The summed E-state index contributed by atoms with van der Waals surface area (Å²) in [7, 11) is 1.82. The molecular weight excluding hydrogens is 238 g/mol. The molecule has 17 heavy (non-hydrogen) atoms. The second-order valence-corrected chi connectivity index (χ2v) is 4.68. The smallest absolute Gasteiger partial charge is 0.141 e. The van der Waals surface area contributed by atoms with Crippen molar-refractivity contribution in [3.63, 3.8) is 0 Å². The number of rotatable bonds is 6. The zero-order valence-electron chi connectivity index (χ0n) is 10.7. The van der Waals surface area contributed by atoms with E-state index in [1.54, 1.807) is 4.68 Å². The topological polar surface area (TPSA) is 60.9 Å². The molecule has 1 aromatic rings. The van der Waals surface area contributed by atoms with E-state index in [0.29, 0.717) is 18.0 Å². The van der Waals surface area contributed by atoms with Gasteiger partial charge in [-0.05, 0) is 19.4 Å². The van der Waals surface area contributed by atoms with Crippen molar-refractivity contribution in [2.75, 3.05) is 6.54 Å². The maximum atomic E-state index is 11.9. The standard InChI is InChI=1S/C12H20ClN3O/c1-4-9-12(13)10(16(3)15-9)7-11(17)8(2)5-6-14/h8H,4-7,14H2,1-3H3. The molecule has 1 rings (SSSR count). The van der Waals surface area contributed by atoms with Crippen molar-refractivity contribution in [2.24, 2.45) is 18.7 Å². The van der Waals surface area contributed by atoms with E-state index < -0.39 is 0 Å². The molecule has 0 aromatic carbocycles. The zero-order chi connectivity index (χ0) is 13.0. The number of aromatic nitrogens is 2. The fourth-order valence-electron chi connectivity index (χ4n) is 1.76. The Balaban J connectivity index is 2.81. The number of hydrogen-bond acceptors (Lipinski definition) is 3.